The quantitative estimate of drug-likeness (QED) is 0.679. The first-order chi connectivity index (χ1) is 9.35. The van der Waals surface area contributed by atoms with E-state index in [1.54, 1.807) is 22.3 Å². The van der Waals surface area contributed by atoms with Crippen LogP contribution in [-0.2, 0) is 13.0 Å². The number of aromatic nitrogens is 4. The number of nitrogens with zero attached hydrogens (tertiary/aromatic N) is 4. The third-order valence-corrected chi connectivity index (χ3v) is 3.59. The van der Waals surface area contributed by atoms with Crippen LogP contribution in [-0.4, -0.2) is 25.9 Å². The van der Waals surface area contributed by atoms with Crippen LogP contribution < -0.4 is 0 Å². The number of rotatable bonds is 5. The van der Waals surface area contributed by atoms with Crippen molar-refractivity contribution in [2.75, 3.05) is 5.88 Å². The van der Waals surface area contributed by atoms with Crippen LogP contribution in [0.5, 0.6) is 0 Å². The topological polar surface area (TPSA) is 56.7 Å². The summed E-state index contributed by atoms with van der Waals surface area (Å²) in [7, 11) is 0. The van der Waals surface area contributed by atoms with E-state index < -0.39 is 0 Å². The van der Waals surface area contributed by atoms with Gasteiger partial charge in [-0.1, -0.05) is 11.3 Å². The molecule has 0 aliphatic carbocycles. The minimum Gasteiger partial charge on any atom is -0.443 e. The summed E-state index contributed by atoms with van der Waals surface area (Å²) in [6, 6.07) is 3.95. The molecule has 98 valence electrons. The molecule has 0 aromatic carbocycles. The van der Waals surface area contributed by atoms with E-state index in [0.717, 1.165) is 22.7 Å². The molecule has 0 fully saturated rings. The van der Waals surface area contributed by atoms with Gasteiger partial charge in [-0.15, -0.1) is 28.0 Å². The van der Waals surface area contributed by atoms with Gasteiger partial charge in [0.25, 0.3) is 0 Å². The zero-order valence-electron chi connectivity index (χ0n) is 9.99. The molecule has 0 aliphatic rings. The molecule has 0 atom stereocenters. The monoisotopic (exact) mass is 294 g/mol. The van der Waals surface area contributed by atoms with Crippen molar-refractivity contribution in [3.8, 4) is 10.8 Å². The molecule has 0 bridgehead atoms. The van der Waals surface area contributed by atoms with Crippen molar-refractivity contribution in [2.45, 2.75) is 13.0 Å². The molecule has 3 aromatic heterocycles. The van der Waals surface area contributed by atoms with Crippen LogP contribution in [0.4, 0.5) is 0 Å². The molecule has 3 heterocycles. The highest BCUT2D eigenvalue weighted by Gasteiger charge is 2.09. The molecule has 0 N–H and O–H groups in total. The van der Waals surface area contributed by atoms with Crippen LogP contribution in [0.25, 0.3) is 10.8 Å². The summed E-state index contributed by atoms with van der Waals surface area (Å²) >= 11 is 7.26. The summed E-state index contributed by atoms with van der Waals surface area (Å²) in [6.07, 6.45) is 4.25. The number of oxazole rings is 1. The van der Waals surface area contributed by atoms with Gasteiger partial charge in [0.2, 0.25) is 5.89 Å². The third kappa shape index (κ3) is 2.85. The normalized spacial score (nSPS) is 11.0. The van der Waals surface area contributed by atoms with Gasteiger partial charge in [-0.2, -0.15) is 0 Å². The Hall–Kier alpha value is -1.66. The Labute approximate surface area is 118 Å². The Morgan fingerprint density at radius 1 is 1.37 bits per heavy atom. The highest BCUT2D eigenvalue weighted by molar-refractivity contribution is 7.13. The minimum absolute atomic E-state index is 0.546. The standard InChI is InChI=1S/C12H11ClN4OS/c13-4-3-9-6-17(16-15-9)7-10-8-18-12(14-10)11-2-1-5-19-11/h1-2,5-6,8H,3-4,7H2. The van der Waals surface area contributed by atoms with Gasteiger partial charge >= 0.3 is 0 Å². The summed E-state index contributed by atoms with van der Waals surface area (Å²) in [4.78, 5) is 5.45. The highest BCUT2D eigenvalue weighted by atomic mass is 35.5. The minimum atomic E-state index is 0.546. The molecule has 0 radical (unpaired) electrons. The molecular weight excluding hydrogens is 284 g/mol. The van der Waals surface area contributed by atoms with E-state index in [1.165, 1.54) is 0 Å². The largest absolute Gasteiger partial charge is 0.443 e. The first kappa shape index (κ1) is 12.4. The number of hydrogen-bond donors (Lipinski definition) is 0. The van der Waals surface area contributed by atoms with E-state index >= 15 is 0 Å². The molecule has 5 nitrogen and oxygen atoms in total. The maximum atomic E-state index is 5.66. The summed E-state index contributed by atoms with van der Waals surface area (Å²) < 4.78 is 7.19. The maximum absolute atomic E-state index is 5.66. The molecule has 3 rings (SSSR count). The van der Waals surface area contributed by atoms with Gasteiger partial charge in [-0.25, -0.2) is 9.67 Å². The number of alkyl halides is 1. The molecule has 7 heteroatoms. The first-order valence-corrected chi connectivity index (χ1v) is 7.20. The number of hydrogen-bond acceptors (Lipinski definition) is 5. The average Bonchev–Trinajstić information content (AvgIpc) is 3.10. The van der Waals surface area contributed by atoms with Crippen molar-refractivity contribution < 1.29 is 4.42 Å². The van der Waals surface area contributed by atoms with Crippen molar-refractivity contribution >= 4 is 22.9 Å². The number of thiophene rings is 1. The van der Waals surface area contributed by atoms with Crippen LogP contribution in [0, 0.1) is 0 Å². The van der Waals surface area contributed by atoms with Crippen molar-refractivity contribution in [1.29, 1.82) is 0 Å². The predicted molar refractivity (Wildman–Crippen MR) is 73.4 cm³/mol. The Morgan fingerprint density at radius 3 is 3.11 bits per heavy atom. The van der Waals surface area contributed by atoms with Gasteiger partial charge in [0.05, 0.1) is 17.1 Å². The Balaban J connectivity index is 1.72. The average molecular weight is 295 g/mol. The molecule has 0 saturated carbocycles. The summed E-state index contributed by atoms with van der Waals surface area (Å²) in [6.45, 7) is 0.546. The van der Waals surface area contributed by atoms with E-state index in [9.17, 15) is 0 Å². The van der Waals surface area contributed by atoms with Gasteiger partial charge < -0.3 is 4.42 Å². The Kier molecular flexibility index (Phi) is 3.61. The zero-order valence-corrected chi connectivity index (χ0v) is 11.6. The highest BCUT2D eigenvalue weighted by Crippen LogP contribution is 2.23. The van der Waals surface area contributed by atoms with E-state index in [0.29, 0.717) is 18.3 Å². The first-order valence-electron chi connectivity index (χ1n) is 5.78. The van der Waals surface area contributed by atoms with Gasteiger partial charge in [0, 0.05) is 18.5 Å². The second kappa shape index (κ2) is 5.54. The van der Waals surface area contributed by atoms with E-state index in [1.807, 2.05) is 23.7 Å². The molecular formula is C12H11ClN4OS. The van der Waals surface area contributed by atoms with Crippen LogP contribution >= 0.6 is 22.9 Å². The van der Waals surface area contributed by atoms with Crippen LogP contribution in [0.3, 0.4) is 0 Å². The molecule has 0 spiro atoms. The van der Waals surface area contributed by atoms with Crippen LogP contribution in [0.15, 0.2) is 34.4 Å². The summed E-state index contributed by atoms with van der Waals surface area (Å²) in [5.41, 5.74) is 1.71. The lowest BCUT2D eigenvalue weighted by atomic mass is 10.4. The lowest BCUT2D eigenvalue weighted by Crippen LogP contribution is -2.00. The SMILES string of the molecule is ClCCc1cn(Cc2coc(-c3cccs3)n2)nn1. The van der Waals surface area contributed by atoms with Gasteiger partial charge in [0.15, 0.2) is 0 Å². The lowest BCUT2D eigenvalue weighted by Gasteiger charge is -1.93. The fraction of sp³-hybridized carbons (Fsp3) is 0.250. The second-order valence-corrected chi connectivity index (χ2v) is 5.29. The van der Waals surface area contributed by atoms with E-state index in [4.69, 9.17) is 16.0 Å². The van der Waals surface area contributed by atoms with E-state index in [-0.39, 0.29) is 0 Å². The Bertz CT molecular complexity index is 646. The van der Waals surface area contributed by atoms with Crippen molar-refractivity contribution in [3.05, 3.63) is 41.4 Å². The summed E-state index contributed by atoms with van der Waals surface area (Å²) in [5.74, 6) is 1.19. The molecule has 0 aliphatic heterocycles. The van der Waals surface area contributed by atoms with Gasteiger partial charge in [-0.05, 0) is 11.4 Å². The third-order valence-electron chi connectivity index (χ3n) is 2.54. The van der Waals surface area contributed by atoms with Gasteiger partial charge in [-0.3, -0.25) is 0 Å². The zero-order chi connectivity index (χ0) is 13.1. The molecule has 0 unspecified atom stereocenters. The lowest BCUT2D eigenvalue weighted by molar-refractivity contribution is 0.569. The second-order valence-electron chi connectivity index (χ2n) is 3.97. The molecule has 0 amide bonds. The fourth-order valence-electron chi connectivity index (χ4n) is 1.69. The molecule has 19 heavy (non-hydrogen) atoms. The van der Waals surface area contributed by atoms with Crippen molar-refractivity contribution in [1.82, 2.24) is 20.0 Å². The Morgan fingerprint density at radius 2 is 2.32 bits per heavy atom. The number of halogens is 1. The van der Waals surface area contributed by atoms with Crippen molar-refractivity contribution in [3.63, 3.8) is 0 Å². The molecule has 0 saturated heterocycles. The van der Waals surface area contributed by atoms with Crippen LogP contribution in [0.1, 0.15) is 11.4 Å². The van der Waals surface area contributed by atoms with E-state index in [2.05, 4.69) is 15.3 Å². The smallest absolute Gasteiger partial charge is 0.236 e. The van der Waals surface area contributed by atoms with Crippen LogP contribution in [0.2, 0.25) is 0 Å². The fourth-order valence-corrected chi connectivity index (χ4v) is 2.54. The molecule has 3 aromatic rings. The number of aryl methyl sites for hydroxylation is 1. The van der Waals surface area contributed by atoms with Gasteiger partial charge in [0.1, 0.15) is 12.0 Å². The summed E-state index contributed by atoms with van der Waals surface area (Å²) in [5, 5.41) is 10.1. The van der Waals surface area contributed by atoms with Crippen molar-refractivity contribution in [2.24, 2.45) is 0 Å². The predicted octanol–water partition coefficient (Wildman–Crippen LogP) is 2.82. The maximum Gasteiger partial charge on any atom is 0.236 e.